The summed E-state index contributed by atoms with van der Waals surface area (Å²) in [6.45, 7) is 6.70. The van der Waals surface area contributed by atoms with Gasteiger partial charge in [-0.1, -0.05) is 37.6 Å². The van der Waals surface area contributed by atoms with E-state index in [9.17, 15) is 0 Å². The van der Waals surface area contributed by atoms with Crippen LogP contribution in [0.3, 0.4) is 0 Å². The van der Waals surface area contributed by atoms with Gasteiger partial charge in [-0.2, -0.15) is 0 Å². The molecule has 100 valence electrons. The highest BCUT2D eigenvalue weighted by Crippen LogP contribution is 2.36. The van der Waals surface area contributed by atoms with Crippen molar-refractivity contribution >= 4 is 0 Å². The molecule has 0 amide bonds. The monoisotopic (exact) mass is 247 g/mol. The van der Waals surface area contributed by atoms with E-state index >= 15 is 0 Å². The average molecular weight is 247 g/mol. The van der Waals surface area contributed by atoms with Gasteiger partial charge in [0.15, 0.2) is 0 Å². The predicted molar refractivity (Wildman–Crippen MR) is 75.9 cm³/mol. The lowest BCUT2D eigenvalue weighted by molar-refractivity contribution is 0.123. The molecular formula is C16H25NO. The van der Waals surface area contributed by atoms with E-state index in [1.54, 1.807) is 0 Å². The maximum atomic E-state index is 5.55. The van der Waals surface area contributed by atoms with E-state index in [0.717, 1.165) is 25.7 Å². The van der Waals surface area contributed by atoms with Gasteiger partial charge in [-0.15, -0.1) is 0 Å². The summed E-state index contributed by atoms with van der Waals surface area (Å²) in [5.41, 5.74) is 2.85. The van der Waals surface area contributed by atoms with E-state index in [2.05, 4.69) is 36.5 Å². The lowest BCUT2D eigenvalue weighted by atomic mass is 9.80. The second-order valence-corrected chi connectivity index (χ2v) is 5.06. The molecule has 0 aromatic heterocycles. The molecule has 0 spiro atoms. The van der Waals surface area contributed by atoms with Crippen molar-refractivity contribution in [1.29, 1.82) is 0 Å². The van der Waals surface area contributed by atoms with Crippen LogP contribution in [0.2, 0.25) is 0 Å². The fraction of sp³-hybridized carbons (Fsp3) is 0.625. The SMILES string of the molecule is CCNC(COCC)c1ccc(C2CCC2)cc1. The van der Waals surface area contributed by atoms with Crippen LogP contribution < -0.4 is 5.32 Å². The van der Waals surface area contributed by atoms with Crippen LogP contribution in [0.1, 0.15) is 56.2 Å². The minimum atomic E-state index is 0.324. The highest BCUT2D eigenvalue weighted by molar-refractivity contribution is 5.28. The van der Waals surface area contributed by atoms with Crippen LogP contribution in [0.25, 0.3) is 0 Å². The maximum absolute atomic E-state index is 5.55. The first-order valence-corrected chi connectivity index (χ1v) is 7.26. The summed E-state index contributed by atoms with van der Waals surface area (Å²) in [6.07, 6.45) is 4.14. The van der Waals surface area contributed by atoms with Crippen molar-refractivity contribution in [3.63, 3.8) is 0 Å². The second kappa shape index (κ2) is 6.91. The number of ether oxygens (including phenoxy) is 1. The molecule has 0 radical (unpaired) electrons. The van der Waals surface area contributed by atoms with Gasteiger partial charge in [0.2, 0.25) is 0 Å². The highest BCUT2D eigenvalue weighted by Gasteiger charge is 2.19. The number of hydrogen-bond acceptors (Lipinski definition) is 2. The molecule has 0 heterocycles. The van der Waals surface area contributed by atoms with Crippen LogP contribution in [-0.4, -0.2) is 19.8 Å². The lowest BCUT2D eigenvalue weighted by Gasteiger charge is -2.26. The molecule has 1 atom stereocenters. The fourth-order valence-corrected chi connectivity index (χ4v) is 2.50. The number of benzene rings is 1. The van der Waals surface area contributed by atoms with Crippen molar-refractivity contribution in [1.82, 2.24) is 5.32 Å². The normalized spacial score (nSPS) is 17.4. The Bertz CT molecular complexity index is 343. The third-order valence-corrected chi connectivity index (χ3v) is 3.85. The van der Waals surface area contributed by atoms with Crippen molar-refractivity contribution in [3.05, 3.63) is 35.4 Å². The van der Waals surface area contributed by atoms with Gasteiger partial charge in [-0.25, -0.2) is 0 Å². The molecule has 18 heavy (non-hydrogen) atoms. The van der Waals surface area contributed by atoms with Gasteiger partial charge in [-0.05, 0) is 43.4 Å². The Labute approximate surface area is 111 Å². The van der Waals surface area contributed by atoms with Gasteiger partial charge in [0, 0.05) is 6.61 Å². The Hall–Kier alpha value is -0.860. The molecule has 1 aromatic carbocycles. The molecule has 1 N–H and O–H groups in total. The molecule has 0 bridgehead atoms. The summed E-state index contributed by atoms with van der Waals surface area (Å²) in [7, 11) is 0. The molecular weight excluding hydrogens is 222 g/mol. The average Bonchev–Trinajstić information content (AvgIpc) is 2.33. The third kappa shape index (κ3) is 3.33. The van der Waals surface area contributed by atoms with Crippen molar-refractivity contribution in [2.45, 2.75) is 45.1 Å². The first-order valence-electron chi connectivity index (χ1n) is 7.26. The Morgan fingerprint density at radius 1 is 1.22 bits per heavy atom. The van der Waals surface area contributed by atoms with Gasteiger partial charge in [0.25, 0.3) is 0 Å². The van der Waals surface area contributed by atoms with Crippen LogP contribution >= 0.6 is 0 Å². The van der Waals surface area contributed by atoms with E-state index in [1.807, 2.05) is 6.92 Å². The van der Waals surface area contributed by atoms with Crippen molar-refractivity contribution in [2.75, 3.05) is 19.8 Å². The predicted octanol–water partition coefficient (Wildman–Crippen LogP) is 3.64. The molecule has 1 saturated carbocycles. The van der Waals surface area contributed by atoms with Gasteiger partial charge < -0.3 is 10.1 Å². The Kier molecular flexibility index (Phi) is 5.21. The van der Waals surface area contributed by atoms with Crippen molar-refractivity contribution in [2.24, 2.45) is 0 Å². The van der Waals surface area contributed by atoms with Crippen LogP contribution in [-0.2, 0) is 4.74 Å². The zero-order valence-electron chi connectivity index (χ0n) is 11.6. The van der Waals surface area contributed by atoms with Crippen LogP contribution in [0.4, 0.5) is 0 Å². The molecule has 2 heteroatoms. The largest absolute Gasteiger partial charge is 0.380 e. The molecule has 1 aromatic rings. The minimum absolute atomic E-state index is 0.324. The number of nitrogens with one attached hydrogen (secondary N) is 1. The number of rotatable bonds is 7. The summed E-state index contributed by atoms with van der Waals surface area (Å²) in [5, 5.41) is 3.49. The van der Waals surface area contributed by atoms with Gasteiger partial charge in [-0.3, -0.25) is 0 Å². The zero-order valence-corrected chi connectivity index (χ0v) is 11.6. The maximum Gasteiger partial charge on any atom is 0.0661 e. The minimum Gasteiger partial charge on any atom is -0.380 e. The van der Waals surface area contributed by atoms with E-state index in [4.69, 9.17) is 4.74 Å². The lowest BCUT2D eigenvalue weighted by Crippen LogP contribution is -2.25. The van der Waals surface area contributed by atoms with E-state index < -0.39 is 0 Å². The number of likely N-dealkylation sites (N-methyl/N-ethyl adjacent to an activating group) is 1. The summed E-state index contributed by atoms with van der Waals surface area (Å²) < 4.78 is 5.55. The smallest absolute Gasteiger partial charge is 0.0661 e. The molecule has 2 rings (SSSR count). The Balaban J connectivity index is 1.99. The van der Waals surface area contributed by atoms with Crippen LogP contribution in [0.15, 0.2) is 24.3 Å². The van der Waals surface area contributed by atoms with Crippen LogP contribution in [0, 0.1) is 0 Å². The Morgan fingerprint density at radius 3 is 2.44 bits per heavy atom. The first kappa shape index (κ1) is 13.6. The molecule has 0 saturated heterocycles. The fourth-order valence-electron chi connectivity index (χ4n) is 2.50. The van der Waals surface area contributed by atoms with Gasteiger partial charge >= 0.3 is 0 Å². The van der Waals surface area contributed by atoms with Gasteiger partial charge in [0.05, 0.1) is 12.6 Å². The highest BCUT2D eigenvalue weighted by atomic mass is 16.5. The summed E-state index contributed by atoms with van der Waals surface area (Å²) in [6, 6.07) is 9.45. The Morgan fingerprint density at radius 2 is 1.94 bits per heavy atom. The summed E-state index contributed by atoms with van der Waals surface area (Å²) in [4.78, 5) is 0. The van der Waals surface area contributed by atoms with E-state index in [-0.39, 0.29) is 0 Å². The quantitative estimate of drug-likeness (QED) is 0.794. The van der Waals surface area contributed by atoms with Crippen LogP contribution in [0.5, 0.6) is 0 Å². The summed E-state index contributed by atoms with van der Waals surface area (Å²) >= 11 is 0. The molecule has 1 fully saturated rings. The van der Waals surface area contributed by atoms with Gasteiger partial charge in [0.1, 0.15) is 0 Å². The zero-order chi connectivity index (χ0) is 12.8. The number of hydrogen-bond donors (Lipinski definition) is 1. The molecule has 1 unspecified atom stereocenters. The van der Waals surface area contributed by atoms with Crippen molar-refractivity contribution in [3.8, 4) is 0 Å². The standard InChI is InChI=1S/C16H25NO/c1-3-17-16(12-18-4-2)15-10-8-14(9-11-15)13-6-5-7-13/h8-11,13,16-17H,3-7,12H2,1-2H3. The molecule has 0 aliphatic heterocycles. The molecule has 1 aliphatic carbocycles. The summed E-state index contributed by atoms with van der Waals surface area (Å²) in [5.74, 6) is 0.823. The van der Waals surface area contributed by atoms with E-state index in [1.165, 1.54) is 30.4 Å². The van der Waals surface area contributed by atoms with Crippen molar-refractivity contribution < 1.29 is 4.74 Å². The molecule has 2 nitrogen and oxygen atoms in total. The molecule has 1 aliphatic rings. The topological polar surface area (TPSA) is 21.3 Å². The second-order valence-electron chi connectivity index (χ2n) is 5.06. The first-order chi connectivity index (χ1) is 8.85. The third-order valence-electron chi connectivity index (χ3n) is 3.85. The van der Waals surface area contributed by atoms with E-state index in [0.29, 0.717) is 6.04 Å².